The van der Waals surface area contributed by atoms with E-state index in [1.807, 2.05) is 12.1 Å². The van der Waals surface area contributed by atoms with E-state index in [1.165, 1.54) is 9.79 Å². The Kier molecular flexibility index (Phi) is 4.59. The molecule has 2 aromatic carbocycles. The summed E-state index contributed by atoms with van der Waals surface area (Å²) in [6.45, 7) is 0. The van der Waals surface area contributed by atoms with Gasteiger partial charge in [-0.15, -0.1) is 0 Å². The Bertz CT molecular complexity index is 391. The Morgan fingerprint density at radius 3 is 1.31 bits per heavy atom. The first-order chi connectivity index (χ1) is 7.95. The monoisotopic (exact) mass is 244 g/mol. The Labute approximate surface area is 105 Å². The Morgan fingerprint density at radius 2 is 0.938 bits per heavy atom. The van der Waals surface area contributed by atoms with Gasteiger partial charge in [0.1, 0.15) is 0 Å². The van der Waals surface area contributed by atoms with E-state index in [0.29, 0.717) is 0 Å². The molecular formula is C14H12S2. The summed E-state index contributed by atoms with van der Waals surface area (Å²) in [5.41, 5.74) is 0. The highest BCUT2D eigenvalue weighted by molar-refractivity contribution is 8.05. The molecule has 80 valence electrons. The van der Waals surface area contributed by atoms with Crippen LogP contribution in [-0.2, 0) is 0 Å². The van der Waals surface area contributed by atoms with Crippen LogP contribution in [-0.4, -0.2) is 0 Å². The van der Waals surface area contributed by atoms with E-state index in [-0.39, 0.29) is 0 Å². The maximum atomic E-state index is 2.12. The van der Waals surface area contributed by atoms with Crippen molar-refractivity contribution in [1.29, 1.82) is 0 Å². The van der Waals surface area contributed by atoms with E-state index in [1.54, 1.807) is 23.5 Å². The minimum absolute atomic E-state index is 1.27. The van der Waals surface area contributed by atoms with E-state index in [9.17, 15) is 0 Å². The first kappa shape index (κ1) is 11.4. The van der Waals surface area contributed by atoms with Gasteiger partial charge < -0.3 is 0 Å². The lowest BCUT2D eigenvalue weighted by atomic mass is 10.4. The normalized spacial score (nSPS) is 10.8. The molecule has 2 aromatic rings. The fourth-order valence-electron chi connectivity index (χ4n) is 1.21. The van der Waals surface area contributed by atoms with Crippen LogP contribution in [0, 0.1) is 0 Å². The summed E-state index contributed by atoms with van der Waals surface area (Å²) in [7, 11) is 0. The molecule has 2 heteroatoms. The van der Waals surface area contributed by atoms with Crippen molar-refractivity contribution in [2.24, 2.45) is 0 Å². The van der Waals surface area contributed by atoms with Crippen molar-refractivity contribution in [2.75, 3.05) is 0 Å². The third kappa shape index (κ3) is 3.80. The molecule has 0 aromatic heterocycles. The van der Waals surface area contributed by atoms with Gasteiger partial charge in [-0.3, -0.25) is 0 Å². The summed E-state index contributed by atoms with van der Waals surface area (Å²) in [6, 6.07) is 20.7. The predicted octanol–water partition coefficient (Wildman–Crippen LogP) is 5.04. The highest BCUT2D eigenvalue weighted by Crippen LogP contribution is 2.23. The number of rotatable bonds is 4. The van der Waals surface area contributed by atoms with Gasteiger partial charge in [-0.05, 0) is 35.1 Å². The SMILES string of the molecule is C(=C\Sc1ccccc1)/Sc1ccccc1. The molecule has 0 bridgehead atoms. The van der Waals surface area contributed by atoms with Crippen LogP contribution in [0.1, 0.15) is 0 Å². The molecule has 0 spiro atoms. The van der Waals surface area contributed by atoms with Gasteiger partial charge in [-0.25, -0.2) is 0 Å². The molecule has 0 N–H and O–H groups in total. The van der Waals surface area contributed by atoms with Gasteiger partial charge in [0.05, 0.1) is 0 Å². The first-order valence-corrected chi connectivity index (χ1v) is 6.79. The summed E-state index contributed by atoms with van der Waals surface area (Å²) in [6.07, 6.45) is 0. The van der Waals surface area contributed by atoms with Crippen LogP contribution in [0.15, 0.2) is 81.3 Å². The van der Waals surface area contributed by atoms with Gasteiger partial charge in [0.25, 0.3) is 0 Å². The van der Waals surface area contributed by atoms with E-state index >= 15 is 0 Å². The van der Waals surface area contributed by atoms with Crippen molar-refractivity contribution < 1.29 is 0 Å². The molecule has 16 heavy (non-hydrogen) atoms. The molecule has 0 unspecified atom stereocenters. The number of hydrogen-bond donors (Lipinski definition) is 0. The summed E-state index contributed by atoms with van der Waals surface area (Å²) in [5, 5.41) is 4.24. The van der Waals surface area contributed by atoms with Gasteiger partial charge in [0.2, 0.25) is 0 Å². The fourth-order valence-corrected chi connectivity index (χ4v) is 2.60. The fraction of sp³-hybridized carbons (Fsp3) is 0. The number of thioether (sulfide) groups is 2. The third-order valence-corrected chi connectivity index (χ3v) is 3.76. The van der Waals surface area contributed by atoms with Gasteiger partial charge in [0.15, 0.2) is 0 Å². The van der Waals surface area contributed by atoms with Gasteiger partial charge in [-0.1, -0.05) is 59.9 Å². The van der Waals surface area contributed by atoms with E-state index < -0.39 is 0 Å². The summed E-state index contributed by atoms with van der Waals surface area (Å²) < 4.78 is 0. The number of hydrogen-bond acceptors (Lipinski definition) is 2. The lowest BCUT2D eigenvalue weighted by Crippen LogP contribution is -1.65. The van der Waals surface area contributed by atoms with Crippen LogP contribution in [0.5, 0.6) is 0 Å². The van der Waals surface area contributed by atoms with Crippen molar-refractivity contribution >= 4 is 23.5 Å². The zero-order chi connectivity index (χ0) is 11.1. The summed E-state index contributed by atoms with van der Waals surface area (Å²) >= 11 is 3.48. The second kappa shape index (κ2) is 6.46. The molecule has 2 rings (SSSR count). The molecular weight excluding hydrogens is 232 g/mol. The average molecular weight is 244 g/mol. The van der Waals surface area contributed by atoms with Crippen LogP contribution in [0.2, 0.25) is 0 Å². The Morgan fingerprint density at radius 1 is 0.562 bits per heavy atom. The molecule has 0 fully saturated rings. The second-order valence-electron chi connectivity index (χ2n) is 3.13. The molecule has 0 saturated heterocycles. The smallest absolute Gasteiger partial charge is 0.0116 e. The molecule has 0 saturated carbocycles. The largest absolute Gasteiger partial charge is 0.0975 e. The lowest BCUT2D eigenvalue weighted by molar-refractivity contribution is 1.47. The van der Waals surface area contributed by atoms with Crippen molar-refractivity contribution in [1.82, 2.24) is 0 Å². The molecule has 0 heterocycles. The van der Waals surface area contributed by atoms with Gasteiger partial charge >= 0.3 is 0 Å². The van der Waals surface area contributed by atoms with Crippen molar-refractivity contribution in [3.8, 4) is 0 Å². The quantitative estimate of drug-likeness (QED) is 0.691. The van der Waals surface area contributed by atoms with Crippen LogP contribution >= 0.6 is 23.5 Å². The van der Waals surface area contributed by atoms with Crippen LogP contribution in [0.4, 0.5) is 0 Å². The second-order valence-corrected chi connectivity index (χ2v) is 5.09. The minimum atomic E-state index is 1.27. The molecule has 0 aliphatic heterocycles. The topological polar surface area (TPSA) is 0 Å². The van der Waals surface area contributed by atoms with Crippen molar-refractivity contribution in [3.63, 3.8) is 0 Å². The maximum Gasteiger partial charge on any atom is 0.0116 e. The Balaban J connectivity index is 1.83. The highest BCUT2D eigenvalue weighted by atomic mass is 32.2. The molecule has 0 aliphatic rings. The van der Waals surface area contributed by atoms with Crippen LogP contribution < -0.4 is 0 Å². The van der Waals surface area contributed by atoms with E-state index in [2.05, 4.69) is 59.3 Å². The third-order valence-electron chi connectivity index (χ3n) is 1.95. The molecule has 0 amide bonds. The maximum absolute atomic E-state index is 2.12. The zero-order valence-electron chi connectivity index (χ0n) is 8.74. The van der Waals surface area contributed by atoms with Crippen LogP contribution in [0.25, 0.3) is 0 Å². The van der Waals surface area contributed by atoms with Gasteiger partial charge in [-0.2, -0.15) is 0 Å². The lowest BCUT2D eigenvalue weighted by Gasteiger charge is -1.95. The van der Waals surface area contributed by atoms with Crippen molar-refractivity contribution in [3.05, 3.63) is 71.5 Å². The summed E-state index contributed by atoms with van der Waals surface area (Å²) in [5.74, 6) is 0. The molecule has 0 atom stereocenters. The first-order valence-electron chi connectivity index (χ1n) is 5.03. The zero-order valence-corrected chi connectivity index (χ0v) is 10.4. The van der Waals surface area contributed by atoms with Gasteiger partial charge in [0, 0.05) is 9.79 Å². The molecule has 0 radical (unpaired) electrons. The van der Waals surface area contributed by atoms with E-state index in [0.717, 1.165) is 0 Å². The van der Waals surface area contributed by atoms with Crippen molar-refractivity contribution in [2.45, 2.75) is 9.79 Å². The summed E-state index contributed by atoms with van der Waals surface area (Å²) in [4.78, 5) is 2.54. The predicted molar refractivity (Wildman–Crippen MR) is 73.7 cm³/mol. The molecule has 0 aliphatic carbocycles. The van der Waals surface area contributed by atoms with E-state index in [4.69, 9.17) is 0 Å². The molecule has 0 nitrogen and oxygen atoms in total. The Hall–Kier alpha value is -1.12. The highest BCUT2D eigenvalue weighted by Gasteiger charge is 1.88. The standard InChI is InChI=1S/C14H12S2/c1-3-7-13(8-4-1)15-11-12-16-14-9-5-2-6-10-14/h1-12H/b12-11+. The van der Waals surface area contributed by atoms with Crippen LogP contribution in [0.3, 0.4) is 0 Å². The minimum Gasteiger partial charge on any atom is -0.0975 e. The average Bonchev–Trinajstić information content (AvgIpc) is 2.37. The number of benzene rings is 2.